The SMILES string of the molecule is COCCOCC(=O)N1CCC(c2ccccc2)C(C)C1. The fourth-order valence-electron chi connectivity index (χ4n) is 2.96. The summed E-state index contributed by atoms with van der Waals surface area (Å²) in [4.78, 5) is 14.0. The highest BCUT2D eigenvalue weighted by molar-refractivity contribution is 5.77. The van der Waals surface area contributed by atoms with Gasteiger partial charge in [0, 0.05) is 20.2 Å². The van der Waals surface area contributed by atoms with Crippen molar-refractivity contribution in [2.24, 2.45) is 5.92 Å². The number of ether oxygens (including phenoxy) is 2. The molecule has 1 aromatic carbocycles. The standard InChI is InChI=1S/C17H25NO3/c1-14-12-18(17(19)13-21-11-10-20-2)9-8-16(14)15-6-4-3-5-7-15/h3-7,14,16H,8-13H2,1-2H3. The van der Waals surface area contributed by atoms with Gasteiger partial charge in [-0.1, -0.05) is 37.3 Å². The van der Waals surface area contributed by atoms with Crippen LogP contribution in [-0.2, 0) is 14.3 Å². The maximum absolute atomic E-state index is 12.1. The first-order valence-corrected chi connectivity index (χ1v) is 7.61. The fraction of sp³-hybridized carbons (Fsp3) is 0.588. The van der Waals surface area contributed by atoms with E-state index in [0.717, 1.165) is 19.5 Å². The van der Waals surface area contributed by atoms with Crippen LogP contribution >= 0.6 is 0 Å². The number of carbonyl (C=O) groups excluding carboxylic acids is 1. The summed E-state index contributed by atoms with van der Waals surface area (Å²) in [6.45, 7) is 5.01. The second kappa shape index (κ2) is 8.15. The van der Waals surface area contributed by atoms with Gasteiger partial charge in [0.05, 0.1) is 13.2 Å². The van der Waals surface area contributed by atoms with Crippen LogP contribution in [0.3, 0.4) is 0 Å². The summed E-state index contributed by atoms with van der Waals surface area (Å²) < 4.78 is 10.2. The molecule has 4 nitrogen and oxygen atoms in total. The number of benzene rings is 1. The van der Waals surface area contributed by atoms with Gasteiger partial charge in [0.1, 0.15) is 6.61 Å². The number of piperidine rings is 1. The molecule has 0 radical (unpaired) electrons. The Morgan fingerprint density at radius 3 is 2.71 bits per heavy atom. The van der Waals surface area contributed by atoms with Crippen molar-refractivity contribution in [3.63, 3.8) is 0 Å². The predicted octanol–water partition coefficient (Wildman–Crippen LogP) is 2.30. The number of rotatable bonds is 6. The molecule has 1 amide bonds. The minimum Gasteiger partial charge on any atom is -0.382 e. The summed E-state index contributed by atoms with van der Waals surface area (Å²) in [6, 6.07) is 10.6. The average Bonchev–Trinajstić information content (AvgIpc) is 2.52. The van der Waals surface area contributed by atoms with Crippen molar-refractivity contribution in [2.45, 2.75) is 19.3 Å². The number of methoxy groups -OCH3 is 1. The maximum Gasteiger partial charge on any atom is 0.248 e. The van der Waals surface area contributed by atoms with Crippen molar-refractivity contribution < 1.29 is 14.3 Å². The number of carbonyl (C=O) groups is 1. The normalized spacial score (nSPS) is 22.3. The highest BCUT2D eigenvalue weighted by Gasteiger charge is 2.29. The van der Waals surface area contributed by atoms with Crippen molar-refractivity contribution in [1.82, 2.24) is 4.90 Å². The lowest BCUT2D eigenvalue weighted by molar-refractivity contribution is -0.138. The Bertz CT molecular complexity index is 435. The molecule has 0 spiro atoms. The van der Waals surface area contributed by atoms with Crippen molar-refractivity contribution in [1.29, 1.82) is 0 Å². The van der Waals surface area contributed by atoms with E-state index in [1.165, 1.54) is 5.56 Å². The summed E-state index contributed by atoms with van der Waals surface area (Å²) >= 11 is 0. The van der Waals surface area contributed by atoms with Crippen LogP contribution in [0.25, 0.3) is 0 Å². The second-order valence-corrected chi connectivity index (χ2v) is 5.67. The van der Waals surface area contributed by atoms with Crippen LogP contribution in [0.2, 0.25) is 0 Å². The number of likely N-dealkylation sites (tertiary alicyclic amines) is 1. The van der Waals surface area contributed by atoms with Crippen molar-refractivity contribution in [3.8, 4) is 0 Å². The molecule has 21 heavy (non-hydrogen) atoms. The molecule has 1 aromatic rings. The zero-order chi connectivity index (χ0) is 15.1. The lowest BCUT2D eigenvalue weighted by atomic mass is 9.81. The molecule has 2 rings (SSSR count). The molecule has 2 atom stereocenters. The largest absolute Gasteiger partial charge is 0.382 e. The summed E-state index contributed by atoms with van der Waals surface area (Å²) in [5, 5.41) is 0. The molecule has 2 unspecified atom stereocenters. The molecule has 4 heteroatoms. The van der Waals surface area contributed by atoms with E-state index >= 15 is 0 Å². The van der Waals surface area contributed by atoms with Crippen LogP contribution < -0.4 is 0 Å². The third-order valence-corrected chi connectivity index (χ3v) is 4.14. The van der Waals surface area contributed by atoms with Gasteiger partial charge in [0.2, 0.25) is 5.91 Å². The van der Waals surface area contributed by atoms with Gasteiger partial charge in [-0.2, -0.15) is 0 Å². The maximum atomic E-state index is 12.1. The molecule has 1 fully saturated rings. The molecule has 1 heterocycles. The van der Waals surface area contributed by atoms with Crippen LogP contribution in [0.15, 0.2) is 30.3 Å². The van der Waals surface area contributed by atoms with E-state index in [1.54, 1.807) is 7.11 Å². The van der Waals surface area contributed by atoms with Gasteiger partial charge < -0.3 is 14.4 Å². The van der Waals surface area contributed by atoms with E-state index in [4.69, 9.17) is 9.47 Å². The first-order chi connectivity index (χ1) is 10.2. The molecule has 1 saturated heterocycles. The van der Waals surface area contributed by atoms with Crippen LogP contribution in [0, 0.1) is 5.92 Å². The molecule has 1 aliphatic rings. The third-order valence-electron chi connectivity index (χ3n) is 4.14. The minimum atomic E-state index is 0.0875. The van der Waals surface area contributed by atoms with E-state index in [2.05, 4.69) is 31.2 Å². The molecular weight excluding hydrogens is 266 g/mol. The lowest BCUT2D eigenvalue weighted by Gasteiger charge is -2.37. The topological polar surface area (TPSA) is 38.8 Å². The average molecular weight is 291 g/mol. The van der Waals surface area contributed by atoms with Crippen LogP contribution in [0.4, 0.5) is 0 Å². The highest BCUT2D eigenvalue weighted by atomic mass is 16.5. The Kier molecular flexibility index (Phi) is 6.21. The van der Waals surface area contributed by atoms with Crippen LogP contribution in [-0.4, -0.2) is 50.8 Å². The van der Waals surface area contributed by atoms with Gasteiger partial charge in [-0.15, -0.1) is 0 Å². The Hall–Kier alpha value is -1.39. The first kappa shape index (κ1) is 16.0. The quantitative estimate of drug-likeness (QED) is 0.755. The van der Waals surface area contributed by atoms with E-state index < -0.39 is 0 Å². The smallest absolute Gasteiger partial charge is 0.248 e. The molecule has 0 saturated carbocycles. The molecule has 0 aromatic heterocycles. The minimum absolute atomic E-state index is 0.0875. The number of hydrogen-bond donors (Lipinski definition) is 0. The Labute approximate surface area is 127 Å². The van der Waals surface area contributed by atoms with Crippen molar-refractivity contribution >= 4 is 5.91 Å². The van der Waals surface area contributed by atoms with Gasteiger partial charge in [-0.05, 0) is 23.8 Å². The molecule has 1 aliphatic heterocycles. The highest BCUT2D eigenvalue weighted by Crippen LogP contribution is 2.32. The molecule has 0 bridgehead atoms. The van der Waals surface area contributed by atoms with Gasteiger partial charge in [-0.25, -0.2) is 0 Å². The second-order valence-electron chi connectivity index (χ2n) is 5.67. The summed E-state index contributed by atoms with van der Waals surface area (Å²) in [5.74, 6) is 1.11. The fourth-order valence-corrected chi connectivity index (χ4v) is 2.96. The number of amides is 1. The molecule has 116 valence electrons. The first-order valence-electron chi connectivity index (χ1n) is 7.61. The number of nitrogens with zero attached hydrogens (tertiary/aromatic N) is 1. The molecule has 0 aliphatic carbocycles. The lowest BCUT2D eigenvalue weighted by Crippen LogP contribution is -2.43. The van der Waals surface area contributed by atoms with E-state index in [9.17, 15) is 4.79 Å². The van der Waals surface area contributed by atoms with Gasteiger partial charge in [0.15, 0.2) is 0 Å². The van der Waals surface area contributed by atoms with E-state index in [0.29, 0.717) is 25.0 Å². The Morgan fingerprint density at radius 2 is 2.05 bits per heavy atom. The summed E-state index contributed by atoms with van der Waals surface area (Å²) in [6.07, 6.45) is 1.02. The zero-order valence-electron chi connectivity index (χ0n) is 13.0. The Balaban J connectivity index is 1.81. The van der Waals surface area contributed by atoms with Crippen molar-refractivity contribution in [2.75, 3.05) is 40.0 Å². The van der Waals surface area contributed by atoms with Gasteiger partial charge >= 0.3 is 0 Å². The van der Waals surface area contributed by atoms with Crippen LogP contribution in [0.5, 0.6) is 0 Å². The van der Waals surface area contributed by atoms with E-state index in [-0.39, 0.29) is 12.5 Å². The number of hydrogen-bond acceptors (Lipinski definition) is 3. The summed E-state index contributed by atoms with van der Waals surface area (Å²) in [5.41, 5.74) is 1.38. The van der Waals surface area contributed by atoms with Gasteiger partial charge in [-0.3, -0.25) is 4.79 Å². The molecule has 0 N–H and O–H groups in total. The zero-order valence-corrected chi connectivity index (χ0v) is 13.0. The van der Waals surface area contributed by atoms with Crippen molar-refractivity contribution in [3.05, 3.63) is 35.9 Å². The summed E-state index contributed by atoms with van der Waals surface area (Å²) in [7, 11) is 1.63. The molecular formula is C17H25NO3. The van der Waals surface area contributed by atoms with Gasteiger partial charge in [0.25, 0.3) is 0 Å². The third kappa shape index (κ3) is 4.55. The van der Waals surface area contributed by atoms with Crippen LogP contribution in [0.1, 0.15) is 24.8 Å². The van der Waals surface area contributed by atoms with E-state index in [1.807, 2.05) is 11.0 Å². The monoisotopic (exact) mass is 291 g/mol. The Morgan fingerprint density at radius 1 is 1.29 bits per heavy atom. The predicted molar refractivity (Wildman–Crippen MR) is 82.2 cm³/mol.